The Morgan fingerprint density at radius 1 is 1.31 bits per heavy atom. The van der Waals surface area contributed by atoms with Gasteiger partial charge >= 0.3 is 5.97 Å². The second-order valence-corrected chi connectivity index (χ2v) is 3.41. The Hall–Kier alpha value is -1.88. The Bertz CT molecular complexity index is 365. The number of carboxylic acids is 1. The van der Waals surface area contributed by atoms with Gasteiger partial charge in [0.05, 0.1) is 6.42 Å². The van der Waals surface area contributed by atoms with Gasteiger partial charge in [0, 0.05) is 6.54 Å². The number of carbonyl (C=O) groups is 2. The van der Waals surface area contributed by atoms with Crippen molar-refractivity contribution in [3.63, 3.8) is 0 Å². The summed E-state index contributed by atoms with van der Waals surface area (Å²) >= 11 is 0. The largest absolute Gasteiger partial charge is 0.480 e. The quantitative estimate of drug-likeness (QED) is 0.641. The summed E-state index contributed by atoms with van der Waals surface area (Å²) in [5.41, 5.74) is 6.12. The highest BCUT2D eigenvalue weighted by molar-refractivity contribution is 5.80. The molecule has 0 fully saturated rings. The van der Waals surface area contributed by atoms with Gasteiger partial charge < -0.3 is 16.2 Å². The maximum absolute atomic E-state index is 11.4. The maximum Gasteiger partial charge on any atom is 0.322 e. The number of carbonyl (C=O) groups excluding carboxylic acids is 1. The minimum atomic E-state index is -1.12. The summed E-state index contributed by atoms with van der Waals surface area (Å²) < 4.78 is 0. The molecule has 0 bridgehead atoms. The third-order valence-corrected chi connectivity index (χ3v) is 2.04. The Morgan fingerprint density at radius 3 is 2.50 bits per heavy atom. The van der Waals surface area contributed by atoms with Gasteiger partial charge in [0.2, 0.25) is 5.91 Å². The van der Waals surface area contributed by atoms with Crippen LogP contribution < -0.4 is 11.1 Å². The monoisotopic (exact) mass is 222 g/mol. The minimum Gasteiger partial charge on any atom is -0.480 e. The smallest absolute Gasteiger partial charge is 0.322 e. The highest BCUT2D eigenvalue weighted by atomic mass is 16.4. The van der Waals surface area contributed by atoms with Gasteiger partial charge in [0.25, 0.3) is 0 Å². The van der Waals surface area contributed by atoms with Crippen molar-refractivity contribution in [2.45, 2.75) is 12.5 Å². The van der Waals surface area contributed by atoms with Gasteiger partial charge in [0.1, 0.15) is 6.04 Å². The number of nitrogens with one attached hydrogen (secondary N) is 1. The molecule has 0 aromatic heterocycles. The van der Waals surface area contributed by atoms with Crippen LogP contribution in [-0.4, -0.2) is 29.6 Å². The van der Waals surface area contributed by atoms with Crippen molar-refractivity contribution >= 4 is 11.9 Å². The van der Waals surface area contributed by atoms with Crippen LogP contribution in [0.5, 0.6) is 0 Å². The van der Waals surface area contributed by atoms with Crippen LogP contribution in [0.4, 0.5) is 0 Å². The average molecular weight is 222 g/mol. The first kappa shape index (κ1) is 12.2. The molecule has 0 unspecified atom stereocenters. The first-order valence-corrected chi connectivity index (χ1v) is 4.88. The van der Waals surface area contributed by atoms with Gasteiger partial charge in [-0.1, -0.05) is 30.3 Å². The van der Waals surface area contributed by atoms with E-state index in [0.29, 0.717) is 0 Å². The van der Waals surface area contributed by atoms with E-state index >= 15 is 0 Å². The van der Waals surface area contributed by atoms with Crippen LogP contribution in [-0.2, 0) is 16.0 Å². The number of aliphatic carboxylic acids is 1. The normalized spacial score (nSPS) is 11.8. The lowest BCUT2D eigenvalue weighted by Gasteiger charge is -2.08. The molecule has 0 radical (unpaired) electrons. The molecule has 5 heteroatoms. The zero-order chi connectivity index (χ0) is 12.0. The molecule has 1 amide bonds. The molecule has 1 rings (SSSR count). The average Bonchev–Trinajstić information content (AvgIpc) is 2.27. The molecule has 5 nitrogen and oxygen atoms in total. The highest BCUT2D eigenvalue weighted by Gasteiger charge is 2.12. The number of benzene rings is 1. The summed E-state index contributed by atoms with van der Waals surface area (Å²) in [5, 5.41) is 11.0. The number of carboxylic acid groups (broad SMARTS) is 1. The second-order valence-electron chi connectivity index (χ2n) is 3.41. The predicted octanol–water partition coefficient (Wildman–Crippen LogP) is -0.243. The van der Waals surface area contributed by atoms with Gasteiger partial charge in [-0.25, -0.2) is 0 Å². The summed E-state index contributed by atoms with van der Waals surface area (Å²) in [5.74, 6) is -1.36. The van der Waals surface area contributed by atoms with Crippen LogP contribution in [0.3, 0.4) is 0 Å². The SMILES string of the molecule is N[C@@H](CNC(=O)Cc1ccccc1)C(=O)O. The van der Waals surface area contributed by atoms with Crippen molar-refractivity contribution in [1.29, 1.82) is 0 Å². The molecule has 1 aromatic rings. The fourth-order valence-electron chi connectivity index (χ4n) is 1.15. The molecule has 0 saturated carbocycles. The topological polar surface area (TPSA) is 92.4 Å². The van der Waals surface area contributed by atoms with E-state index in [1.807, 2.05) is 30.3 Å². The lowest BCUT2D eigenvalue weighted by Crippen LogP contribution is -2.42. The number of amides is 1. The van der Waals surface area contributed by atoms with Crippen molar-refractivity contribution in [2.24, 2.45) is 5.73 Å². The molecule has 0 aliphatic heterocycles. The lowest BCUT2D eigenvalue weighted by molar-refractivity contribution is -0.138. The molecular formula is C11H14N2O3. The second kappa shape index (κ2) is 5.87. The van der Waals surface area contributed by atoms with Crippen molar-refractivity contribution in [2.75, 3.05) is 6.54 Å². The molecule has 4 N–H and O–H groups in total. The van der Waals surface area contributed by atoms with Crippen LogP contribution >= 0.6 is 0 Å². The van der Waals surface area contributed by atoms with Crippen LogP contribution in [0.15, 0.2) is 30.3 Å². The number of nitrogens with two attached hydrogens (primary N) is 1. The van der Waals surface area contributed by atoms with E-state index in [2.05, 4.69) is 5.32 Å². The van der Waals surface area contributed by atoms with E-state index in [0.717, 1.165) is 5.56 Å². The van der Waals surface area contributed by atoms with E-state index < -0.39 is 12.0 Å². The Kier molecular flexibility index (Phi) is 4.47. The summed E-state index contributed by atoms with van der Waals surface area (Å²) in [7, 11) is 0. The third kappa shape index (κ3) is 4.10. The first-order chi connectivity index (χ1) is 7.59. The minimum absolute atomic E-state index is 0.0546. The van der Waals surface area contributed by atoms with Gasteiger partial charge in [-0.3, -0.25) is 9.59 Å². The van der Waals surface area contributed by atoms with Crippen molar-refractivity contribution in [3.8, 4) is 0 Å². The Balaban J connectivity index is 2.35. The fraction of sp³-hybridized carbons (Fsp3) is 0.273. The Labute approximate surface area is 93.3 Å². The zero-order valence-corrected chi connectivity index (χ0v) is 8.72. The molecule has 0 spiro atoms. The molecule has 0 heterocycles. The van der Waals surface area contributed by atoms with Crippen LogP contribution in [0, 0.1) is 0 Å². The van der Waals surface area contributed by atoms with E-state index in [1.165, 1.54) is 0 Å². The summed E-state index contributed by atoms with van der Waals surface area (Å²) in [6.45, 7) is -0.0546. The standard InChI is InChI=1S/C11H14N2O3/c12-9(11(15)16)7-13-10(14)6-8-4-2-1-3-5-8/h1-5,9H,6-7,12H2,(H,13,14)(H,15,16)/t9-/m0/s1. The molecular weight excluding hydrogens is 208 g/mol. The summed E-state index contributed by atoms with van der Waals surface area (Å²) in [4.78, 5) is 21.8. The molecule has 1 atom stereocenters. The highest BCUT2D eigenvalue weighted by Crippen LogP contribution is 1.98. The summed E-state index contributed by atoms with van der Waals surface area (Å²) in [6.07, 6.45) is 0.229. The molecule has 86 valence electrons. The number of rotatable bonds is 5. The molecule has 1 aromatic carbocycles. The lowest BCUT2D eigenvalue weighted by atomic mass is 10.1. The van der Waals surface area contributed by atoms with Gasteiger partial charge in [-0.2, -0.15) is 0 Å². The van der Waals surface area contributed by atoms with Crippen LogP contribution in [0.2, 0.25) is 0 Å². The van der Waals surface area contributed by atoms with E-state index in [9.17, 15) is 9.59 Å². The van der Waals surface area contributed by atoms with Gasteiger partial charge in [-0.05, 0) is 5.56 Å². The van der Waals surface area contributed by atoms with E-state index in [1.54, 1.807) is 0 Å². The maximum atomic E-state index is 11.4. The molecule has 16 heavy (non-hydrogen) atoms. The predicted molar refractivity (Wildman–Crippen MR) is 58.8 cm³/mol. The number of hydrogen-bond acceptors (Lipinski definition) is 3. The molecule has 0 saturated heterocycles. The van der Waals surface area contributed by atoms with Crippen molar-refractivity contribution in [1.82, 2.24) is 5.32 Å². The van der Waals surface area contributed by atoms with E-state index in [-0.39, 0.29) is 18.9 Å². The summed E-state index contributed by atoms with van der Waals surface area (Å²) in [6, 6.07) is 8.14. The molecule has 0 aliphatic carbocycles. The van der Waals surface area contributed by atoms with E-state index in [4.69, 9.17) is 10.8 Å². The Morgan fingerprint density at radius 2 is 1.94 bits per heavy atom. The zero-order valence-electron chi connectivity index (χ0n) is 8.72. The van der Waals surface area contributed by atoms with Crippen LogP contribution in [0.25, 0.3) is 0 Å². The number of hydrogen-bond donors (Lipinski definition) is 3. The van der Waals surface area contributed by atoms with Crippen molar-refractivity contribution in [3.05, 3.63) is 35.9 Å². The fourth-order valence-corrected chi connectivity index (χ4v) is 1.15. The third-order valence-electron chi connectivity index (χ3n) is 2.04. The first-order valence-electron chi connectivity index (χ1n) is 4.88. The van der Waals surface area contributed by atoms with Crippen molar-refractivity contribution < 1.29 is 14.7 Å². The molecule has 0 aliphatic rings. The van der Waals surface area contributed by atoms with Gasteiger partial charge in [0.15, 0.2) is 0 Å². The van der Waals surface area contributed by atoms with Gasteiger partial charge in [-0.15, -0.1) is 0 Å². The van der Waals surface area contributed by atoms with Crippen LogP contribution in [0.1, 0.15) is 5.56 Å².